The Morgan fingerprint density at radius 2 is 2.00 bits per heavy atom. The molecular formula is C25H31FN6OS. The van der Waals surface area contributed by atoms with Gasteiger partial charge in [-0.05, 0) is 50.0 Å². The summed E-state index contributed by atoms with van der Waals surface area (Å²) in [5, 5.41) is 17.0. The first-order chi connectivity index (χ1) is 16.5. The summed E-state index contributed by atoms with van der Waals surface area (Å²) in [6.45, 7) is 7.19. The van der Waals surface area contributed by atoms with Crippen LogP contribution in [0.2, 0.25) is 0 Å². The van der Waals surface area contributed by atoms with Gasteiger partial charge >= 0.3 is 0 Å². The number of nitrogens with one attached hydrogen (secondary N) is 2. The Labute approximate surface area is 203 Å². The number of aryl methyl sites for hydroxylation is 1. The topological polar surface area (TPSA) is 95.3 Å². The summed E-state index contributed by atoms with van der Waals surface area (Å²) in [4.78, 5) is 19.1. The maximum atomic E-state index is 13.2. The van der Waals surface area contributed by atoms with E-state index in [1.807, 2.05) is 26.1 Å². The molecule has 3 aromatic rings. The van der Waals surface area contributed by atoms with E-state index in [-0.39, 0.29) is 18.3 Å². The van der Waals surface area contributed by atoms with E-state index in [1.54, 1.807) is 35.9 Å². The normalized spacial score (nSPS) is 12.5. The minimum Gasteiger partial charge on any atom is -0.396 e. The van der Waals surface area contributed by atoms with Crippen LogP contribution in [-0.4, -0.2) is 39.4 Å². The second kappa shape index (κ2) is 12.9. The molecule has 0 bridgehead atoms. The van der Waals surface area contributed by atoms with E-state index in [2.05, 4.69) is 32.5 Å². The molecule has 180 valence electrons. The molecule has 2 heterocycles. The summed E-state index contributed by atoms with van der Waals surface area (Å²) in [7, 11) is 0. The van der Waals surface area contributed by atoms with Crippen molar-refractivity contribution in [3.05, 3.63) is 58.6 Å². The number of nitrogens with zero attached hydrogens (tertiary/aromatic N) is 4. The maximum Gasteiger partial charge on any atom is 0.225 e. The summed E-state index contributed by atoms with van der Waals surface area (Å²) in [6.07, 6.45) is 8.93. The van der Waals surface area contributed by atoms with Gasteiger partial charge in [-0.3, -0.25) is 4.99 Å². The fourth-order valence-corrected chi connectivity index (χ4v) is 4.23. The zero-order valence-corrected chi connectivity index (χ0v) is 20.6. The number of halogens is 1. The highest BCUT2D eigenvalue weighted by Crippen LogP contribution is 2.34. The van der Waals surface area contributed by atoms with Gasteiger partial charge in [0.1, 0.15) is 16.6 Å². The highest BCUT2D eigenvalue weighted by atomic mass is 32.1. The van der Waals surface area contributed by atoms with E-state index in [1.165, 1.54) is 12.1 Å². The first-order valence-corrected chi connectivity index (χ1v) is 12.2. The van der Waals surface area contributed by atoms with Crippen molar-refractivity contribution in [1.82, 2.24) is 15.0 Å². The van der Waals surface area contributed by atoms with Crippen molar-refractivity contribution in [2.24, 2.45) is 10.9 Å². The average Bonchev–Trinajstić information content (AvgIpc) is 3.30. The highest BCUT2D eigenvalue weighted by molar-refractivity contribution is 7.15. The van der Waals surface area contributed by atoms with Crippen LogP contribution >= 0.6 is 11.3 Å². The Morgan fingerprint density at radius 1 is 1.21 bits per heavy atom. The molecule has 3 rings (SSSR count). The zero-order chi connectivity index (χ0) is 24.3. The number of rotatable bonds is 12. The molecule has 0 saturated heterocycles. The van der Waals surface area contributed by atoms with Crippen LogP contribution in [0.4, 0.5) is 16.2 Å². The second-order valence-corrected chi connectivity index (χ2v) is 8.86. The third-order valence-electron chi connectivity index (χ3n) is 5.35. The van der Waals surface area contributed by atoms with Crippen molar-refractivity contribution in [3.63, 3.8) is 0 Å². The molecule has 3 N–H and O–H groups in total. The van der Waals surface area contributed by atoms with Gasteiger partial charge in [-0.25, -0.2) is 14.4 Å². The third-order valence-corrected chi connectivity index (χ3v) is 6.33. The molecule has 1 atom stereocenters. The number of aliphatic hydroxyl groups excluding tert-OH is 1. The largest absolute Gasteiger partial charge is 0.396 e. The number of aliphatic hydroxyl groups is 1. The summed E-state index contributed by atoms with van der Waals surface area (Å²) in [6, 6.07) is 6.33. The lowest BCUT2D eigenvalue weighted by Gasteiger charge is -2.16. The van der Waals surface area contributed by atoms with E-state index in [4.69, 9.17) is 4.98 Å². The predicted octanol–water partition coefficient (Wildman–Crippen LogP) is 5.54. The molecule has 9 heteroatoms. The van der Waals surface area contributed by atoms with Gasteiger partial charge in [0.15, 0.2) is 0 Å². The van der Waals surface area contributed by atoms with Crippen LogP contribution in [0.3, 0.4) is 0 Å². The smallest absolute Gasteiger partial charge is 0.225 e. The molecule has 1 unspecified atom stereocenters. The number of hydrogen-bond acceptors (Lipinski definition) is 8. The lowest BCUT2D eigenvalue weighted by molar-refractivity contribution is 0.217. The van der Waals surface area contributed by atoms with Gasteiger partial charge in [0.2, 0.25) is 5.95 Å². The first-order valence-electron chi connectivity index (χ1n) is 11.4. The summed E-state index contributed by atoms with van der Waals surface area (Å²) >= 11 is 1.54. The molecular weight excluding hydrogens is 451 g/mol. The van der Waals surface area contributed by atoms with Crippen molar-refractivity contribution < 1.29 is 9.50 Å². The molecule has 0 aliphatic rings. The van der Waals surface area contributed by atoms with Crippen molar-refractivity contribution in [2.75, 3.05) is 23.8 Å². The van der Waals surface area contributed by atoms with Crippen LogP contribution in [0, 0.1) is 18.7 Å². The Bertz CT molecular complexity index is 1110. The molecule has 0 saturated carbocycles. The Morgan fingerprint density at radius 3 is 2.71 bits per heavy atom. The Balaban J connectivity index is 1.86. The van der Waals surface area contributed by atoms with Crippen LogP contribution in [0.1, 0.15) is 42.8 Å². The first kappa shape index (κ1) is 25.5. The third kappa shape index (κ3) is 7.16. The number of aromatic nitrogens is 3. The van der Waals surface area contributed by atoms with Crippen LogP contribution in [0.15, 0.2) is 41.7 Å². The van der Waals surface area contributed by atoms with Crippen molar-refractivity contribution in [2.45, 2.75) is 40.2 Å². The molecule has 0 radical (unpaired) electrons. The fourth-order valence-electron chi connectivity index (χ4n) is 3.32. The van der Waals surface area contributed by atoms with Gasteiger partial charge in [-0.1, -0.05) is 25.5 Å². The molecule has 7 nitrogen and oxygen atoms in total. The monoisotopic (exact) mass is 482 g/mol. The van der Waals surface area contributed by atoms with E-state index in [0.717, 1.165) is 39.5 Å². The lowest BCUT2D eigenvalue weighted by atomic mass is 10.0. The minimum atomic E-state index is -0.265. The molecule has 0 amide bonds. The van der Waals surface area contributed by atoms with Crippen LogP contribution in [-0.2, 0) is 6.54 Å². The maximum absolute atomic E-state index is 13.2. The van der Waals surface area contributed by atoms with E-state index >= 15 is 0 Å². The number of anilines is 2. The van der Waals surface area contributed by atoms with Gasteiger partial charge < -0.3 is 15.7 Å². The number of thiazole rings is 1. The Hall–Kier alpha value is -3.17. The summed E-state index contributed by atoms with van der Waals surface area (Å²) < 4.78 is 13.2. The lowest BCUT2D eigenvalue weighted by Crippen LogP contribution is -2.14. The molecule has 0 aliphatic heterocycles. The number of aliphatic imine (C=N–C) groups is 1. The van der Waals surface area contributed by atoms with Crippen LogP contribution < -0.4 is 10.6 Å². The van der Waals surface area contributed by atoms with E-state index < -0.39 is 0 Å². The van der Waals surface area contributed by atoms with Crippen LogP contribution in [0.25, 0.3) is 16.6 Å². The number of benzene rings is 1. The average molecular weight is 483 g/mol. The minimum absolute atomic E-state index is 0.167. The van der Waals surface area contributed by atoms with E-state index in [9.17, 15) is 9.50 Å². The van der Waals surface area contributed by atoms with Gasteiger partial charge in [0, 0.05) is 43.2 Å². The predicted molar refractivity (Wildman–Crippen MR) is 139 cm³/mol. The standard InChI is InChI=1S/C25H31FN6OS/c1-4-18(16-33)10-13-28-23-22(24-29-15-21(34-24)11-12-27-5-2)17(3)31-25(32-23)30-14-19-6-8-20(26)9-7-19/h5-9,11-12,15,18,33H,4,10,13-14,16H2,1-3H3,(H2,28,30,31,32)/b12-11-,27-5?. The van der Waals surface area contributed by atoms with Crippen LogP contribution in [0.5, 0.6) is 0 Å². The van der Waals surface area contributed by atoms with Gasteiger partial charge in [-0.15, -0.1) is 11.3 Å². The quantitative estimate of drug-likeness (QED) is 0.293. The van der Waals surface area contributed by atoms with E-state index in [0.29, 0.717) is 24.9 Å². The van der Waals surface area contributed by atoms with Gasteiger partial charge in [0.05, 0.1) is 11.3 Å². The molecule has 2 aromatic heterocycles. The zero-order valence-electron chi connectivity index (χ0n) is 19.8. The molecule has 1 aromatic carbocycles. The molecule has 34 heavy (non-hydrogen) atoms. The van der Waals surface area contributed by atoms with Crippen molar-refractivity contribution in [1.29, 1.82) is 0 Å². The van der Waals surface area contributed by atoms with Crippen molar-refractivity contribution in [3.8, 4) is 10.6 Å². The SMILES string of the molecule is CC=N/C=C\c1cnc(-c2c(C)nc(NCc3ccc(F)cc3)nc2NCCC(CC)CO)s1. The molecule has 0 fully saturated rings. The second-order valence-electron chi connectivity index (χ2n) is 7.80. The fraction of sp³-hybridized carbons (Fsp3) is 0.360. The Kier molecular flexibility index (Phi) is 9.66. The molecule has 0 aliphatic carbocycles. The highest BCUT2D eigenvalue weighted by Gasteiger charge is 2.17. The summed E-state index contributed by atoms with van der Waals surface area (Å²) in [5.41, 5.74) is 2.58. The van der Waals surface area contributed by atoms with Gasteiger partial charge in [-0.2, -0.15) is 4.98 Å². The van der Waals surface area contributed by atoms with Crippen molar-refractivity contribution >= 4 is 35.4 Å². The summed E-state index contributed by atoms with van der Waals surface area (Å²) in [5.74, 6) is 1.15. The number of hydrogen-bond donors (Lipinski definition) is 3. The molecule has 0 spiro atoms. The van der Waals surface area contributed by atoms with Gasteiger partial charge in [0.25, 0.3) is 0 Å².